The molecular weight excluding hydrogens is 324 g/mol. The van der Waals surface area contributed by atoms with E-state index in [0.29, 0.717) is 28.2 Å². The molecule has 1 aliphatic heterocycles. The monoisotopic (exact) mass is 342 g/mol. The number of likely N-dealkylation sites (N-methyl/N-ethyl adjacent to an activating group) is 1. The fraction of sp³-hybridized carbons (Fsp3) is 0.278. The third-order valence-corrected chi connectivity index (χ3v) is 4.47. The maximum atomic E-state index is 12.9. The van der Waals surface area contributed by atoms with Crippen LogP contribution in [-0.4, -0.2) is 48.1 Å². The number of amides is 1. The smallest absolute Gasteiger partial charge is 0.313 e. The normalized spacial score (nSPS) is 19.3. The third kappa shape index (κ3) is 2.67. The molecule has 2 atom stereocenters. The molecule has 25 heavy (non-hydrogen) atoms. The van der Waals surface area contributed by atoms with Gasteiger partial charge < -0.3 is 19.5 Å². The Labute approximate surface area is 144 Å². The van der Waals surface area contributed by atoms with Gasteiger partial charge in [0.25, 0.3) is 5.91 Å². The second-order valence-corrected chi connectivity index (χ2v) is 5.76. The van der Waals surface area contributed by atoms with E-state index in [1.165, 1.54) is 25.2 Å². The second-order valence-electron chi connectivity index (χ2n) is 5.76. The van der Waals surface area contributed by atoms with Crippen LogP contribution in [-0.2, 0) is 4.79 Å². The molecule has 1 aromatic carbocycles. The van der Waals surface area contributed by atoms with Gasteiger partial charge in [0.15, 0.2) is 11.5 Å². The van der Waals surface area contributed by atoms with Gasteiger partial charge >= 0.3 is 5.97 Å². The van der Waals surface area contributed by atoms with Crippen molar-refractivity contribution in [3.63, 3.8) is 0 Å². The molecule has 1 aliphatic rings. The van der Waals surface area contributed by atoms with Crippen LogP contribution in [0.3, 0.4) is 0 Å². The standard InChI is InChI=1S/C18H18N2O5/c1-20-16(10-5-4-6-19-9-10)15(18(22)23)11-7-13(24-2)14(25-3)8-12(11)17(20)21/h4-9,15-16H,1-3H3,(H,22,23)/t15-,16+/m1/s1. The lowest BCUT2D eigenvalue weighted by atomic mass is 9.80. The number of hydrogen-bond acceptors (Lipinski definition) is 5. The second kappa shape index (κ2) is 6.43. The maximum Gasteiger partial charge on any atom is 0.313 e. The van der Waals surface area contributed by atoms with Crippen LogP contribution in [0.15, 0.2) is 36.7 Å². The van der Waals surface area contributed by atoms with E-state index in [0.717, 1.165) is 0 Å². The van der Waals surface area contributed by atoms with Crippen molar-refractivity contribution in [3.05, 3.63) is 53.3 Å². The number of hydrogen-bond donors (Lipinski definition) is 1. The molecule has 2 aromatic rings. The molecular formula is C18H18N2O5. The summed E-state index contributed by atoms with van der Waals surface area (Å²) in [4.78, 5) is 30.4. The Morgan fingerprint density at radius 1 is 1.24 bits per heavy atom. The average Bonchev–Trinajstić information content (AvgIpc) is 2.63. The van der Waals surface area contributed by atoms with Gasteiger partial charge in [-0.25, -0.2) is 0 Å². The minimum Gasteiger partial charge on any atom is -0.493 e. The van der Waals surface area contributed by atoms with Crippen LogP contribution >= 0.6 is 0 Å². The molecule has 0 radical (unpaired) electrons. The molecule has 0 bridgehead atoms. The molecule has 1 aromatic heterocycles. The third-order valence-electron chi connectivity index (χ3n) is 4.47. The van der Waals surface area contributed by atoms with Gasteiger partial charge in [0, 0.05) is 25.0 Å². The molecule has 2 heterocycles. The van der Waals surface area contributed by atoms with Gasteiger partial charge in [-0.1, -0.05) is 6.07 Å². The summed E-state index contributed by atoms with van der Waals surface area (Å²) in [6, 6.07) is 5.92. The Balaban J connectivity index is 2.24. The topological polar surface area (TPSA) is 89.0 Å². The van der Waals surface area contributed by atoms with E-state index in [1.54, 1.807) is 37.6 Å². The zero-order valence-electron chi connectivity index (χ0n) is 14.1. The van der Waals surface area contributed by atoms with E-state index >= 15 is 0 Å². The number of benzene rings is 1. The highest BCUT2D eigenvalue weighted by molar-refractivity contribution is 6.01. The largest absolute Gasteiger partial charge is 0.493 e. The summed E-state index contributed by atoms with van der Waals surface area (Å²) in [6.07, 6.45) is 3.18. The van der Waals surface area contributed by atoms with Crippen LogP contribution in [0.1, 0.15) is 33.4 Å². The summed E-state index contributed by atoms with van der Waals surface area (Å²) < 4.78 is 10.5. The number of rotatable bonds is 4. The number of carbonyl (C=O) groups is 2. The van der Waals surface area contributed by atoms with Crippen molar-refractivity contribution in [1.82, 2.24) is 9.88 Å². The number of carbonyl (C=O) groups excluding carboxylic acids is 1. The predicted molar refractivity (Wildman–Crippen MR) is 89.0 cm³/mol. The SMILES string of the molecule is COc1cc2c(cc1OC)[C@@H](C(=O)O)[C@H](c1cccnc1)N(C)C2=O. The first-order valence-corrected chi connectivity index (χ1v) is 7.65. The number of ether oxygens (including phenoxy) is 2. The van der Waals surface area contributed by atoms with Gasteiger partial charge in [0.05, 0.1) is 20.3 Å². The number of fused-ring (bicyclic) bond motifs is 1. The van der Waals surface area contributed by atoms with Crippen LogP contribution < -0.4 is 9.47 Å². The molecule has 1 amide bonds. The Kier molecular flexibility index (Phi) is 4.31. The molecule has 1 N–H and O–H groups in total. The zero-order chi connectivity index (χ0) is 18.1. The number of pyridine rings is 1. The molecule has 3 rings (SSSR count). The van der Waals surface area contributed by atoms with Crippen molar-refractivity contribution in [3.8, 4) is 11.5 Å². The summed E-state index contributed by atoms with van der Waals surface area (Å²) in [6.45, 7) is 0. The quantitative estimate of drug-likeness (QED) is 0.915. The van der Waals surface area contributed by atoms with Crippen LogP contribution in [0.5, 0.6) is 11.5 Å². The average molecular weight is 342 g/mol. The highest BCUT2D eigenvalue weighted by Gasteiger charge is 2.43. The Morgan fingerprint density at radius 3 is 2.48 bits per heavy atom. The maximum absolute atomic E-state index is 12.9. The molecule has 130 valence electrons. The van der Waals surface area contributed by atoms with Gasteiger partial charge in [0.2, 0.25) is 0 Å². The highest BCUT2D eigenvalue weighted by Crippen LogP contribution is 2.45. The molecule has 0 unspecified atom stereocenters. The lowest BCUT2D eigenvalue weighted by Gasteiger charge is -2.38. The van der Waals surface area contributed by atoms with Crippen molar-refractivity contribution in [2.75, 3.05) is 21.3 Å². The number of carboxylic acids is 1. The van der Waals surface area contributed by atoms with E-state index in [9.17, 15) is 14.7 Å². The number of aliphatic carboxylic acids is 1. The number of nitrogens with zero attached hydrogens (tertiary/aromatic N) is 2. The molecule has 0 aliphatic carbocycles. The Morgan fingerprint density at radius 2 is 1.92 bits per heavy atom. The summed E-state index contributed by atoms with van der Waals surface area (Å²) in [5.74, 6) is -1.48. The lowest BCUT2D eigenvalue weighted by molar-refractivity contribution is -0.140. The van der Waals surface area contributed by atoms with Crippen molar-refractivity contribution < 1.29 is 24.2 Å². The van der Waals surface area contributed by atoms with E-state index in [4.69, 9.17) is 9.47 Å². The number of methoxy groups -OCH3 is 2. The minimum atomic E-state index is -1.03. The first-order valence-electron chi connectivity index (χ1n) is 7.65. The zero-order valence-corrected chi connectivity index (χ0v) is 14.1. The number of aromatic nitrogens is 1. The first kappa shape index (κ1) is 16.8. The van der Waals surface area contributed by atoms with E-state index in [-0.39, 0.29) is 5.91 Å². The van der Waals surface area contributed by atoms with Crippen molar-refractivity contribution >= 4 is 11.9 Å². The molecule has 0 fully saturated rings. The molecule has 0 spiro atoms. The van der Waals surface area contributed by atoms with E-state index in [2.05, 4.69) is 4.98 Å². The first-order chi connectivity index (χ1) is 12.0. The van der Waals surface area contributed by atoms with Crippen molar-refractivity contribution in [1.29, 1.82) is 0 Å². The van der Waals surface area contributed by atoms with E-state index in [1.807, 2.05) is 0 Å². The Bertz CT molecular complexity index is 822. The highest BCUT2D eigenvalue weighted by atomic mass is 16.5. The molecule has 7 nitrogen and oxygen atoms in total. The van der Waals surface area contributed by atoms with Crippen LogP contribution in [0.4, 0.5) is 0 Å². The molecule has 0 saturated heterocycles. The minimum absolute atomic E-state index is 0.276. The van der Waals surface area contributed by atoms with Gasteiger partial charge in [0.1, 0.15) is 5.92 Å². The van der Waals surface area contributed by atoms with Crippen molar-refractivity contribution in [2.24, 2.45) is 0 Å². The van der Waals surface area contributed by atoms with Crippen LogP contribution in [0.2, 0.25) is 0 Å². The predicted octanol–water partition coefficient (Wildman–Crippen LogP) is 2.09. The van der Waals surface area contributed by atoms with Crippen LogP contribution in [0.25, 0.3) is 0 Å². The van der Waals surface area contributed by atoms with Crippen molar-refractivity contribution in [2.45, 2.75) is 12.0 Å². The van der Waals surface area contributed by atoms with E-state index < -0.39 is 17.9 Å². The van der Waals surface area contributed by atoms with Gasteiger partial charge in [-0.2, -0.15) is 0 Å². The Hall–Kier alpha value is -3.09. The summed E-state index contributed by atoms with van der Waals surface area (Å²) in [5, 5.41) is 9.88. The molecule has 7 heteroatoms. The summed E-state index contributed by atoms with van der Waals surface area (Å²) in [5.41, 5.74) is 1.36. The fourth-order valence-corrected chi connectivity index (χ4v) is 3.28. The summed E-state index contributed by atoms with van der Waals surface area (Å²) in [7, 11) is 4.53. The summed E-state index contributed by atoms with van der Waals surface area (Å²) >= 11 is 0. The number of carboxylic acid groups (broad SMARTS) is 1. The lowest BCUT2D eigenvalue weighted by Crippen LogP contribution is -2.42. The fourth-order valence-electron chi connectivity index (χ4n) is 3.28. The van der Waals surface area contributed by atoms with Gasteiger partial charge in [-0.15, -0.1) is 0 Å². The van der Waals surface area contributed by atoms with Gasteiger partial charge in [-0.05, 0) is 29.3 Å². The van der Waals surface area contributed by atoms with Crippen LogP contribution in [0, 0.1) is 0 Å². The van der Waals surface area contributed by atoms with Gasteiger partial charge in [-0.3, -0.25) is 14.6 Å². The molecule has 0 saturated carbocycles.